The zero-order valence-electron chi connectivity index (χ0n) is 10.1. The van der Waals surface area contributed by atoms with Gasteiger partial charge in [-0.3, -0.25) is 9.69 Å². The van der Waals surface area contributed by atoms with Gasteiger partial charge in [-0.15, -0.1) is 6.58 Å². The van der Waals surface area contributed by atoms with E-state index >= 15 is 0 Å². The summed E-state index contributed by atoms with van der Waals surface area (Å²) in [5.41, 5.74) is 2.46. The average molecular weight is 258 g/mol. The van der Waals surface area contributed by atoms with Crippen LogP contribution in [0.2, 0.25) is 0 Å². The van der Waals surface area contributed by atoms with E-state index in [9.17, 15) is 4.79 Å². The molecule has 0 aromatic heterocycles. The van der Waals surface area contributed by atoms with Crippen LogP contribution < -0.4 is 5.32 Å². The van der Waals surface area contributed by atoms with Crippen molar-refractivity contribution < 1.29 is 4.79 Å². The standard InChI is InChI=1S/C14H14N2OS/c1-3-9-16-13(17)12(15-14(16)18)10(2)11-7-5-4-6-8-11/h3-8H,1,9H2,2H3,(H,15,18). The Morgan fingerprint density at radius 1 is 1.44 bits per heavy atom. The lowest BCUT2D eigenvalue weighted by atomic mass is 10.1. The smallest absolute Gasteiger partial charge is 0.277 e. The SMILES string of the molecule is C=CCN1C(=O)C(=C(C)c2ccccc2)NC1=S. The van der Waals surface area contributed by atoms with Crippen molar-refractivity contribution in [3.63, 3.8) is 0 Å². The average Bonchev–Trinajstić information content (AvgIpc) is 2.67. The molecule has 92 valence electrons. The molecule has 4 heteroatoms. The predicted molar refractivity (Wildman–Crippen MR) is 76.7 cm³/mol. The van der Waals surface area contributed by atoms with E-state index in [1.807, 2.05) is 37.3 Å². The first-order valence-corrected chi connectivity index (χ1v) is 6.06. The number of thiocarbonyl (C=S) groups is 1. The highest BCUT2D eigenvalue weighted by atomic mass is 32.1. The molecule has 1 aliphatic heterocycles. The number of hydrogen-bond donors (Lipinski definition) is 1. The number of hydrogen-bond acceptors (Lipinski definition) is 2. The summed E-state index contributed by atoms with van der Waals surface area (Å²) in [4.78, 5) is 13.7. The molecular weight excluding hydrogens is 244 g/mol. The van der Waals surface area contributed by atoms with Crippen molar-refractivity contribution in [1.29, 1.82) is 0 Å². The maximum Gasteiger partial charge on any atom is 0.277 e. The van der Waals surface area contributed by atoms with E-state index in [1.54, 1.807) is 6.08 Å². The summed E-state index contributed by atoms with van der Waals surface area (Å²) >= 11 is 5.14. The van der Waals surface area contributed by atoms with Gasteiger partial charge in [0.2, 0.25) is 0 Å². The van der Waals surface area contributed by atoms with Crippen molar-refractivity contribution in [1.82, 2.24) is 10.2 Å². The highest BCUT2D eigenvalue weighted by Gasteiger charge is 2.31. The quantitative estimate of drug-likeness (QED) is 0.513. The van der Waals surface area contributed by atoms with Crippen molar-refractivity contribution >= 4 is 28.8 Å². The van der Waals surface area contributed by atoms with Gasteiger partial charge < -0.3 is 5.32 Å². The molecule has 0 bridgehead atoms. The molecule has 3 nitrogen and oxygen atoms in total. The molecule has 1 aromatic rings. The maximum absolute atomic E-state index is 12.2. The summed E-state index contributed by atoms with van der Waals surface area (Å²) in [7, 11) is 0. The van der Waals surface area contributed by atoms with Gasteiger partial charge in [0.1, 0.15) is 5.70 Å². The van der Waals surface area contributed by atoms with Crippen molar-refractivity contribution in [2.75, 3.05) is 6.54 Å². The monoisotopic (exact) mass is 258 g/mol. The molecule has 0 saturated carbocycles. The third-order valence-electron chi connectivity index (χ3n) is 2.83. The molecule has 1 fully saturated rings. The van der Waals surface area contributed by atoms with Crippen LogP contribution in [0.15, 0.2) is 48.7 Å². The van der Waals surface area contributed by atoms with E-state index in [4.69, 9.17) is 12.2 Å². The predicted octanol–water partition coefficient (Wildman–Crippen LogP) is 2.32. The lowest BCUT2D eigenvalue weighted by Crippen LogP contribution is -2.30. The Kier molecular flexibility index (Phi) is 3.58. The van der Waals surface area contributed by atoms with E-state index in [0.717, 1.165) is 11.1 Å². The maximum atomic E-state index is 12.2. The fourth-order valence-corrected chi connectivity index (χ4v) is 2.10. The first kappa shape index (κ1) is 12.5. The van der Waals surface area contributed by atoms with Gasteiger partial charge in [0.05, 0.1) is 0 Å². The summed E-state index contributed by atoms with van der Waals surface area (Å²) in [6.07, 6.45) is 1.66. The lowest BCUT2D eigenvalue weighted by Gasteiger charge is -2.10. The second kappa shape index (κ2) is 5.14. The Balaban J connectivity index is 2.38. The molecule has 2 rings (SSSR count). The minimum atomic E-state index is -0.0961. The molecule has 0 atom stereocenters. The number of benzene rings is 1. The Bertz CT molecular complexity index is 534. The summed E-state index contributed by atoms with van der Waals surface area (Å²) in [5, 5.41) is 3.41. The third kappa shape index (κ3) is 2.19. The molecule has 1 aromatic carbocycles. The largest absolute Gasteiger partial charge is 0.327 e. The molecule has 1 aliphatic rings. The van der Waals surface area contributed by atoms with Crippen LogP contribution >= 0.6 is 12.2 Å². The second-order valence-electron chi connectivity index (χ2n) is 4.00. The van der Waals surface area contributed by atoms with Gasteiger partial charge in [-0.05, 0) is 30.3 Å². The summed E-state index contributed by atoms with van der Waals surface area (Å²) in [6.45, 7) is 5.96. The zero-order chi connectivity index (χ0) is 13.1. The normalized spacial score (nSPS) is 17.7. The molecule has 0 spiro atoms. The van der Waals surface area contributed by atoms with Gasteiger partial charge in [-0.25, -0.2) is 0 Å². The highest BCUT2D eigenvalue weighted by Crippen LogP contribution is 2.21. The highest BCUT2D eigenvalue weighted by molar-refractivity contribution is 7.80. The van der Waals surface area contributed by atoms with Crippen molar-refractivity contribution in [2.24, 2.45) is 0 Å². The third-order valence-corrected chi connectivity index (χ3v) is 3.15. The number of carbonyl (C=O) groups excluding carboxylic acids is 1. The number of amides is 1. The van der Waals surface area contributed by atoms with E-state index < -0.39 is 0 Å². The molecule has 1 N–H and O–H groups in total. The topological polar surface area (TPSA) is 32.3 Å². The van der Waals surface area contributed by atoms with Crippen LogP contribution in [0.3, 0.4) is 0 Å². The number of allylic oxidation sites excluding steroid dienone is 1. The molecule has 0 unspecified atom stereocenters. The van der Waals surface area contributed by atoms with E-state index in [1.165, 1.54) is 4.90 Å². The van der Waals surface area contributed by atoms with Gasteiger partial charge in [0.25, 0.3) is 5.91 Å². The molecule has 18 heavy (non-hydrogen) atoms. The van der Waals surface area contributed by atoms with Crippen molar-refractivity contribution in [3.05, 3.63) is 54.2 Å². The molecule has 1 amide bonds. The minimum Gasteiger partial charge on any atom is -0.327 e. The molecular formula is C14H14N2OS. The summed E-state index contributed by atoms with van der Waals surface area (Å²) < 4.78 is 0. The summed E-state index contributed by atoms with van der Waals surface area (Å²) in [5.74, 6) is -0.0961. The van der Waals surface area contributed by atoms with Gasteiger partial charge >= 0.3 is 0 Å². The van der Waals surface area contributed by atoms with Crippen LogP contribution in [-0.2, 0) is 4.79 Å². The molecule has 0 radical (unpaired) electrons. The Morgan fingerprint density at radius 2 is 2.11 bits per heavy atom. The number of carbonyl (C=O) groups is 1. The number of nitrogens with one attached hydrogen (secondary N) is 1. The Morgan fingerprint density at radius 3 is 2.72 bits per heavy atom. The first-order valence-electron chi connectivity index (χ1n) is 5.65. The Hall–Kier alpha value is -1.94. The number of nitrogens with zero attached hydrogens (tertiary/aromatic N) is 1. The van der Waals surface area contributed by atoms with E-state index in [0.29, 0.717) is 17.4 Å². The van der Waals surface area contributed by atoms with Crippen molar-refractivity contribution in [2.45, 2.75) is 6.92 Å². The lowest BCUT2D eigenvalue weighted by molar-refractivity contribution is -0.122. The van der Waals surface area contributed by atoms with E-state index in [2.05, 4.69) is 11.9 Å². The molecule has 1 saturated heterocycles. The van der Waals surface area contributed by atoms with Crippen LogP contribution in [0.4, 0.5) is 0 Å². The van der Waals surface area contributed by atoms with E-state index in [-0.39, 0.29) is 5.91 Å². The van der Waals surface area contributed by atoms with Crippen LogP contribution in [0.1, 0.15) is 12.5 Å². The fourth-order valence-electron chi connectivity index (χ4n) is 1.84. The number of rotatable bonds is 3. The van der Waals surface area contributed by atoms with Gasteiger partial charge in [-0.1, -0.05) is 36.4 Å². The Labute approximate surface area is 112 Å². The van der Waals surface area contributed by atoms with Crippen molar-refractivity contribution in [3.8, 4) is 0 Å². The van der Waals surface area contributed by atoms with Gasteiger partial charge in [-0.2, -0.15) is 0 Å². The van der Waals surface area contributed by atoms with Crippen LogP contribution in [0.5, 0.6) is 0 Å². The zero-order valence-corrected chi connectivity index (χ0v) is 11.0. The summed E-state index contributed by atoms with van der Waals surface area (Å²) in [6, 6.07) is 9.77. The second-order valence-corrected chi connectivity index (χ2v) is 4.39. The minimum absolute atomic E-state index is 0.0961. The van der Waals surface area contributed by atoms with Crippen LogP contribution in [-0.4, -0.2) is 22.5 Å². The molecule has 0 aliphatic carbocycles. The first-order chi connectivity index (χ1) is 8.65. The molecule has 1 heterocycles. The van der Waals surface area contributed by atoms with Crippen LogP contribution in [0, 0.1) is 0 Å². The van der Waals surface area contributed by atoms with Gasteiger partial charge in [0, 0.05) is 6.54 Å². The fraction of sp³-hybridized carbons (Fsp3) is 0.143. The van der Waals surface area contributed by atoms with Crippen LogP contribution in [0.25, 0.3) is 5.57 Å². The van der Waals surface area contributed by atoms with Gasteiger partial charge in [0.15, 0.2) is 5.11 Å².